The lowest BCUT2D eigenvalue weighted by atomic mass is 9.88. The molecule has 0 spiro atoms. The molecule has 0 radical (unpaired) electrons. The average Bonchev–Trinajstić information content (AvgIpc) is 2.13. The van der Waals surface area contributed by atoms with Crippen LogP contribution in [0.1, 0.15) is 26.7 Å². The minimum atomic E-state index is -0.944. The van der Waals surface area contributed by atoms with Crippen molar-refractivity contribution in [1.29, 1.82) is 0 Å². The first-order valence-electron chi connectivity index (χ1n) is 4.93. The van der Waals surface area contributed by atoms with Crippen molar-refractivity contribution in [3.63, 3.8) is 0 Å². The van der Waals surface area contributed by atoms with Gasteiger partial charge < -0.3 is 15.6 Å². The summed E-state index contributed by atoms with van der Waals surface area (Å²) in [5, 5.41) is 8.69. The van der Waals surface area contributed by atoms with Crippen molar-refractivity contribution in [1.82, 2.24) is 0 Å². The Morgan fingerprint density at radius 3 is 2.27 bits per heavy atom. The van der Waals surface area contributed by atoms with Crippen molar-refractivity contribution >= 4 is 11.9 Å². The van der Waals surface area contributed by atoms with E-state index in [0.29, 0.717) is 12.3 Å². The SMILES string of the molecule is COC(=O)C(N)C(CC(=O)O)CC(C)C. The van der Waals surface area contributed by atoms with Crippen LogP contribution < -0.4 is 5.73 Å². The number of carbonyl (C=O) groups is 2. The zero-order valence-corrected chi connectivity index (χ0v) is 9.40. The summed E-state index contributed by atoms with van der Waals surface area (Å²) < 4.78 is 4.50. The maximum Gasteiger partial charge on any atom is 0.322 e. The third-order valence-corrected chi connectivity index (χ3v) is 2.19. The van der Waals surface area contributed by atoms with Gasteiger partial charge in [0.2, 0.25) is 0 Å². The van der Waals surface area contributed by atoms with E-state index in [4.69, 9.17) is 10.8 Å². The molecule has 0 amide bonds. The fourth-order valence-corrected chi connectivity index (χ4v) is 1.52. The predicted molar refractivity (Wildman–Crippen MR) is 55.2 cm³/mol. The third-order valence-electron chi connectivity index (χ3n) is 2.19. The second kappa shape index (κ2) is 6.40. The van der Waals surface area contributed by atoms with E-state index < -0.39 is 18.0 Å². The molecule has 3 N–H and O–H groups in total. The minimum Gasteiger partial charge on any atom is -0.481 e. The normalized spacial score (nSPS) is 14.7. The molecular weight excluding hydrogens is 198 g/mol. The van der Waals surface area contributed by atoms with Crippen molar-refractivity contribution < 1.29 is 19.4 Å². The number of methoxy groups -OCH3 is 1. The van der Waals surface area contributed by atoms with Crippen LogP contribution in [0, 0.1) is 11.8 Å². The van der Waals surface area contributed by atoms with Crippen LogP contribution >= 0.6 is 0 Å². The highest BCUT2D eigenvalue weighted by molar-refractivity contribution is 5.77. The van der Waals surface area contributed by atoms with E-state index in [2.05, 4.69) is 4.74 Å². The van der Waals surface area contributed by atoms with E-state index in [9.17, 15) is 9.59 Å². The van der Waals surface area contributed by atoms with Crippen LogP contribution in [0.5, 0.6) is 0 Å². The van der Waals surface area contributed by atoms with Gasteiger partial charge in [0.15, 0.2) is 0 Å². The lowest BCUT2D eigenvalue weighted by Gasteiger charge is -2.21. The maximum absolute atomic E-state index is 11.2. The van der Waals surface area contributed by atoms with E-state index in [1.54, 1.807) is 0 Å². The number of carbonyl (C=O) groups excluding carboxylic acids is 1. The minimum absolute atomic E-state index is 0.103. The summed E-state index contributed by atoms with van der Waals surface area (Å²) >= 11 is 0. The van der Waals surface area contributed by atoms with Gasteiger partial charge in [0.05, 0.1) is 13.5 Å². The summed E-state index contributed by atoms with van der Waals surface area (Å²) in [5.74, 6) is -1.57. The number of carboxylic acids is 1. The lowest BCUT2D eigenvalue weighted by Crippen LogP contribution is -2.40. The Hall–Kier alpha value is -1.10. The summed E-state index contributed by atoms with van der Waals surface area (Å²) in [4.78, 5) is 21.8. The first kappa shape index (κ1) is 13.9. The standard InChI is InChI=1S/C10H19NO4/c1-6(2)4-7(5-8(12)13)9(11)10(14)15-3/h6-7,9H,4-5,11H2,1-3H3,(H,12,13). The van der Waals surface area contributed by atoms with E-state index in [1.165, 1.54) is 7.11 Å². The van der Waals surface area contributed by atoms with Gasteiger partial charge in [-0.3, -0.25) is 9.59 Å². The van der Waals surface area contributed by atoms with Gasteiger partial charge in [-0.1, -0.05) is 13.8 Å². The Morgan fingerprint density at radius 1 is 1.40 bits per heavy atom. The summed E-state index contributed by atoms with van der Waals surface area (Å²) in [5.41, 5.74) is 5.63. The number of hydrogen-bond acceptors (Lipinski definition) is 4. The molecule has 0 rings (SSSR count). The second-order valence-corrected chi connectivity index (χ2v) is 4.04. The van der Waals surface area contributed by atoms with Gasteiger partial charge in [0.25, 0.3) is 0 Å². The predicted octanol–water partition coefficient (Wildman–Crippen LogP) is 0.624. The summed E-state index contributed by atoms with van der Waals surface area (Å²) in [6, 6.07) is -0.853. The topological polar surface area (TPSA) is 89.6 Å². The van der Waals surface area contributed by atoms with E-state index in [0.717, 1.165) is 0 Å². The molecule has 0 aliphatic heterocycles. The summed E-state index contributed by atoms with van der Waals surface area (Å²) in [6.45, 7) is 3.91. The van der Waals surface area contributed by atoms with Crippen molar-refractivity contribution in [2.24, 2.45) is 17.6 Å². The molecule has 0 aliphatic carbocycles. The number of hydrogen-bond donors (Lipinski definition) is 2. The van der Waals surface area contributed by atoms with Gasteiger partial charge in [-0.2, -0.15) is 0 Å². The number of carboxylic acid groups (broad SMARTS) is 1. The molecular formula is C10H19NO4. The van der Waals surface area contributed by atoms with Crippen LogP contribution in [0.15, 0.2) is 0 Å². The van der Waals surface area contributed by atoms with Crippen LogP contribution in [0.25, 0.3) is 0 Å². The zero-order chi connectivity index (χ0) is 12.0. The van der Waals surface area contributed by atoms with Crippen molar-refractivity contribution in [2.75, 3.05) is 7.11 Å². The second-order valence-electron chi connectivity index (χ2n) is 4.04. The summed E-state index contributed by atoms with van der Waals surface area (Å²) in [6.07, 6.45) is 0.497. The van der Waals surface area contributed by atoms with Crippen LogP contribution in [-0.4, -0.2) is 30.2 Å². The Kier molecular flexibility index (Phi) is 5.93. The van der Waals surface area contributed by atoms with Crippen molar-refractivity contribution in [3.05, 3.63) is 0 Å². The van der Waals surface area contributed by atoms with Crippen LogP contribution in [0.3, 0.4) is 0 Å². The molecule has 0 saturated carbocycles. The first-order chi connectivity index (χ1) is 6.88. The Labute approximate surface area is 89.6 Å². The molecule has 0 bridgehead atoms. The number of esters is 1. The van der Waals surface area contributed by atoms with E-state index in [1.807, 2.05) is 13.8 Å². The number of nitrogens with two attached hydrogens (primary N) is 1. The van der Waals surface area contributed by atoms with Gasteiger partial charge in [0.1, 0.15) is 6.04 Å². The number of ether oxygens (including phenoxy) is 1. The number of rotatable bonds is 6. The van der Waals surface area contributed by atoms with Crippen molar-refractivity contribution in [2.45, 2.75) is 32.7 Å². The Bertz CT molecular complexity index is 227. The highest BCUT2D eigenvalue weighted by Crippen LogP contribution is 2.19. The molecule has 0 aromatic heterocycles. The summed E-state index contributed by atoms with van der Waals surface area (Å²) in [7, 11) is 1.25. The van der Waals surface area contributed by atoms with E-state index in [-0.39, 0.29) is 12.3 Å². The lowest BCUT2D eigenvalue weighted by molar-refractivity contribution is -0.145. The molecule has 0 aromatic rings. The highest BCUT2D eigenvalue weighted by atomic mass is 16.5. The zero-order valence-electron chi connectivity index (χ0n) is 9.40. The molecule has 5 nitrogen and oxygen atoms in total. The fraction of sp³-hybridized carbons (Fsp3) is 0.800. The molecule has 2 unspecified atom stereocenters. The monoisotopic (exact) mass is 217 g/mol. The van der Waals surface area contributed by atoms with Gasteiger partial charge in [-0.15, -0.1) is 0 Å². The first-order valence-corrected chi connectivity index (χ1v) is 4.93. The van der Waals surface area contributed by atoms with Gasteiger partial charge in [-0.25, -0.2) is 0 Å². The quantitative estimate of drug-likeness (QED) is 0.637. The van der Waals surface area contributed by atoms with Gasteiger partial charge in [-0.05, 0) is 18.3 Å². The molecule has 0 heterocycles. The third kappa shape index (κ3) is 5.37. The molecule has 88 valence electrons. The van der Waals surface area contributed by atoms with E-state index >= 15 is 0 Å². The van der Waals surface area contributed by atoms with Crippen LogP contribution in [0.4, 0.5) is 0 Å². The van der Waals surface area contributed by atoms with Crippen LogP contribution in [0.2, 0.25) is 0 Å². The molecule has 5 heteroatoms. The Morgan fingerprint density at radius 2 is 1.93 bits per heavy atom. The van der Waals surface area contributed by atoms with Gasteiger partial charge >= 0.3 is 11.9 Å². The number of aliphatic carboxylic acids is 1. The molecule has 0 saturated heterocycles. The molecule has 0 fully saturated rings. The molecule has 0 aromatic carbocycles. The van der Waals surface area contributed by atoms with Gasteiger partial charge in [0, 0.05) is 0 Å². The van der Waals surface area contributed by atoms with Crippen LogP contribution in [-0.2, 0) is 14.3 Å². The fourth-order valence-electron chi connectivity index (χ4n) is 1.52. The molecule has 0 aliphatic rings. The Balaban J connectivity index is 4.46. The van der Waals surface area contributed by atoms with Crippen molar-refractivity contribution in [3.8, 4) is 0 Å². The maximum atomic E-state index is 11.2. The molecule has 15 heavy (non-hydrogen) atoms. The highest BCUT2D eigenvalue weighted by Gasteiger charge is 2.27. The smallest absolute Gasteiger partial charge is 0.322 e. The molecule has 2 atom stereocenters. The largest absolute Gasteiger partial charge is 0.481 e. The average molecular weight is 217 g/mol.